The number of amides is 1. The van der Waals surface area contributed by atoms with Gasteiger partial charge in [-0.3, -0.25) is 4.79 Å². The van der Waals surface area contributed by atoms with Crippen LogP contribution in [-0.2, 0) is 10.2 Å². The first kappa shape index (κ1) is 14.1. The van der Waals surface area contributed by atoms with Crippen molar-refractivity contribution in [1.82, 2.24) is 5.32 Å². The number of nitrogens with one attached hydrogen (secondary N) is 1. The molecule has 0 aromatic heterocycles. The summed E-state index contributed by atoms with van der Waals surface area (Å²) >= 11 is 0. The number of hydrogen-bond donors (Lipinski definition) is 2. The number of carbonyl (C=O) groups is 1. The summed E-state index contributed by atoms with van der Waals surface area (Å²) in [5, 5.41) is 12.4. The predicted molar refractivity (Wildman–Crippen MR) is 75.8 cm³/mol. The Balaban J connectivity index is 2.16. The standard InChI is InChI=1S/C16H23NO2/c1-12(2)14(11-18)17-15(19)16(9-6-10-16)13-7-4-3-5-8-13/h3-5,7-8,12,14,18H,6,9-11H2,1-2H3,(H,17,19)/t14-/m1/s1. The first-order chi connectivity index (χ1) is 9.10. The molecule has 0 spiro atoms. The van der Waals surface area contributed by atoms with Gasteiger partial charge in [-0.05, 0) is 24.3 Å². The quantitative estimate of drug-likeness (QED) is 0.854. The van der Waals surface area contributed by atoms with Crippen LogP contribution in [0.1, 0.15) is 38.7 Å². The van der Waals surface area contributed by atoms with E-state index in [1.165, 1.54) is 0 Å². The zero-order valence-corrected chi connectivity index (χ0v) is 11.7. The van der Waals surface area contributed by atoms with Gasteiger partial charge in [-0.1, -0.05) is 50.6 Å². The topological polar surface area (TPSA) is 49.3 Å². The summed E-state index contributed by atoms with van der Waals surface area (Å²) in [6.45, 7) is 4.02. The molecule has 1 fully saturated rings. The second kappa shape index (κ2) is 5.74. The third kappa shape index (κ3) is 2.66. The van der Waals surface area contributed by atoms with E-state index in [4.69, 9.17) is 0 Å². The average molecular weight is 261 g/mol. The predicted octanol–water partition coefficient (Wildman–Crippen LogP) is 2.24. The average Bonchev–Trinajstić information content (AvgIpc) is 2.35. The fraction of sp³-hybridized carbons (Fsp3) is 0.562. The van der Waals surface area contributed by atoms with Crippen molar-refractivity contribution in [2.24, 2.45) is 5.92 Å². The van der Waals surface area contributed by atoms with Crippen molar-refractivity contribution in [3.8, 4) is 0 Å². The minimum Gasteiger partial charge on any atom is -0.394 e. The molecule has 1 aromatic rings. The molecule has 2 N–H and O–H groups in total. The molecular formula is C16H23NO2. The van der Waals surface area contributed by atoms with Crippen LogP contribution in [0.25, 0.3) is 0 Å². The molecule has 3 heteroatoms. The molecule has 19 heavy (non-hydrogen) atoms. The van der Waals surface area contributed by atoms with Crippen molar-refractivity contribution < 1.29 is 9.90 Å². The monoisotopic (exact) mass is 261 g/mol. The second-order valence-corrected chi connectivity index (χ2v) is 5.81. The van der Waals surface area contributed by atoms with E-state index in [2.05, 4.69) is 5.32 Å². The smallest absolute Gasteiger partial charge is 0.230 e. The van der Waals surface area contributed by atoms with Crippen molar-refractivity contribution in [1.29, 1.82) is 0 Å². The number of aliphatic hydroxyl groups is 1. The van der Waals surface area contributed by atoms with Gasteiger partial charge in [-0.2, -0.15) is 0 Å². The third-order valence-corrected chi connectivity index (χ3v) is 4.29. The molecule has 3 nitrogen and oxygen atoms in total. The van der Waals surface area contributed by atoms with Crippen molar-refractivity contribution in [2.45, 2.75) is 44.6 Å². The van der Waals surface area contributed by atoms with Gasteiger partial charge in [0.25, 0.3) is 0 Å². The summed E-state index contributed by atoms with van der Waals surface area (Å²) in [6, 6.07) is 9.83. The molecule has 2 rings (SSSR count). The zero-order valence-electron chi connectivity index (χ0n) is 11.7. The van der Waals surface area contributed by atoms with E-state index in [0.717, 1.165) is 24.8 Å². The van der Waals surface area contributed by atoms with E-state index in [1.54, 1.807) is 0 Å². The maximum atomic E-state index is 12.6. The number of hydrogen-bond acceptors (Lipinski definition) is 2. The third-order valence-electron chi connectivity index (χ3n) is 4.29. The van der Waals surface area contributed by atoms with Crippen molar-refractivity contribution >= 4 is 5.91 Å². The fourth-order valence-corrected chi connectivity index (χ4v) is 2.66. The molecular weight excluding hydrogens is 238 g/mol. The number of aliphatic hydroxyl groups excluding tert-OH is 1. The molecule has 1 aromatic carbocycles. The Bertz CT molecular complexity index is 424. The number of rotatable bonds is 5. The molecule has 0 heterocycles. The Kier molecular flexibility index (Phi) is 4.25. The van der Waals surface area contributed by atoms with Gasteiger partial charge in [-0.25, -0.2) is 0 Å². The summed E-state index contributed by atoms with van der Waals surface area (Å²) in [4.78, 5) is 12.6. The second-order valence-electron chi connectivity index (χ2n) is 5.81. The first-order valence-corrected chi connectivity index (χ1v) is 7.07. The molecule has 0 saturated heterocycles. The van der Waals surface area contributed by atoms with E-state index in [0.29, 0.717) is 0 Å². The van der Waals surface area contributed by atoms with E-state index < -0.39 is 0 Å². The Morgan fingerprint density at radius 2 is 1.95 bits per heavy atom. The molecule has 1 amide bonds. The highest BCUT2D eigenvalue weighted by Crippen LogP contribution is 2.44. The fourth-order valence-electron chi connectivity index (χ4n) is 2.66. The highest BCUT2D eigenvalue weighted by atomic mass is 16.3. The minimum atomic E-state index is -0.371. The number of benzene rings is 1. The molecule has 1 aliphatic rings. The highest BCUT2D eigenvalue weighted by molar-refractivity contribution is 5.89. The van der Waals surface area contributed by atoms with Crippen LogP contribution in [0.4, 0.5) is 0 Å². The van der Waals surface area contributed by atoms with Gasteiger partial charge in [0.15, 0.2) is 0 Å². The molecule has 1 saturated carbocycles. The SMILES string of the molecule is CC(C)[C@@H](CO)NC(=O)C1(c2ccccc2)CCC1. The van der Waals surface area contributed by atoms with Crippen LogP contribution in [0, 0.1) is 5.92 Å². The molecule has 104 valence electrons. The van der Waals surface area contributed by atoms with Gasteiger partial charge < -0.3 is 10.4 Å². The lowest BCUT2D eigenvalue weighted by atomic mass is 9.63. The minimum absolute atomic E-state index is 0.00568. The van der Waals surface area contributed by atoms with Crippen LogP contribution >= 0.6 is 0 Å². The van der Waals surface area contributed by atoms with Gasteiger partial charge >= 0.3 is 0 Å². The van der Waals surface area contributed by atoms with Crippen LogP contribution < -0.4 is 5.32 Å². The van der Waals surface area contributed by atoms with E-state index in [9.17, 15) is 9.90 Å². The maximum absolute atomic E-state index is 12.6. The van der Waals surface area contributed by atoms with Gasteiger partial charge in [0.1, 0.15) is 0 Å². The number of carbonyl (C=O) groups excluding carboxylic acids is 1. The van der Waals surface area contributed by atoms with Gasteiger partial charge in [0, 0.05) is 0 Å². The van der Waals surface area contributed by atoms with Gasteiger partial charge in [0.05, 0.1) is 18.1 Å². The Labute approximate surface area is 115 Å². The van der Waals surface area contributed by atoms with Gasteiger partial charge in [-0.15, -0.1) is 0 Å². The largest absolute Gasteiger partial charge is 0.394 e. The van der Waals surface area contributed by atoms with Crippen LogP contribution in [0.15, 0.2) is 30.3 Å². The van der Waals surface area contributed by atoms with Crippen molar-refractivity contribution in [3.05, 3.63) is 35.9 Å². The lowest BCUT2D eigenvalue weighted by Crippen LogP contribution is -2.54. The molecule has 0 unspecified atom stereocenters. The molecule has 1 aliphatic carbocycles. The maximum Gasteiger partial charge on any atom is 0.230 e. The van der Waals surface area contributed by atoms with Gasteiger partial charge in [0.2, 0.25) is 5.91 Å². The van der Waals surface area contributed by atoms with Crippen LogP contribution in [-0.4, -0.2) is 23.7 Å². The summed E-state index contributed by atoms with van der Waals surface area (Å²) in [6.07, 6.45) is 2.89. The summed E-state index contributed by atoms with van der Waals surface area (Å²) in [5.74, 6) is 0.305. The van der Waals surface area contributed by atoms with E-state index >= 15 is 0 Å². The van der Waals surface area contributed by atoms with Crippen LogP contribution in [0.5, 0.6) is 0 Å². The molecule has 1 atom stereocenters. The normalized spacial score (nSPS) is 18.7. The Hall–Kier alpha value is -1.35. The van der Waals surface area contributed by atoms with E-state index in [1.807, 2.05) is 44.2 Å². The summed E-state index contributed by atoms with van der Waals surface area (Å²) in [5.41, 5.74) is 0.725. The summed E-state index contributed by atoms with van der Waals surface area (Å²) in [7, 11) is 0. The first-order valence-electron chi connectivity index (χ1n) is 7.07. The van der Waals surface area contributed by atoms with Crippen LogP contribution in [0.2, 0.25) is 0 Å². The highest BCUT2D eigenvalue weighted by Gasteiger charge is 2.46. The molecule has 0 aliphatic heterocycles. The van der Waals surface area contributed by atoms with Crippen LogP contribution in [0.3, 0.4) is 0 Å². The molecule has 0 radical (unpaired) electrons. The Morgan fingerprint density at radius 1 is 1.32 bits per heavy atom. The van der Waals surface area contributed by atoms with E-state index in [-0.39, 0.29) is 29.9 Å². The lowest BCUT2D eigenvalue weighted by molar-refractivity contribution is -0.131. The molecule has 0 bridgehead atoms. The zero-order chi connectivity index (χ0) is 13.9. The summed E-state index contributed by atoms with van der Waals surface area (Å²) < 4.78 is 0. The van der Waals surface area contributed by atoms with Crippen molar-refractivity contribution in [3.63, 3.8) is 0 Å². The Morgan fingerprint density at radius 3 is 2.37 bits per heavy atom. The van der Waals surface area contributed by atoms with Crippen molar-refractivity contribution in [2.75, 3.05) is 6.61 Å². The lowest BCUT2D eigenvalue weighted by Gasteiger charge is -2.42.